The second kappa shape index (κ2) is 7.79. The molecule has 2 heterocycles. The number of ether oxygens (including phenoxy) is 1. The first-order chi connectivity index (χ1) is 13.2. The first kappa shape index (κ1) is 18.1. The van der Waals surface area contributed by atoms with Crippen molar-refractivity contribution in [1.29, 1.82) is 0 Å². The molecule has 0 aliphatic carbocycles. The molecule has 4 rings (SSSR count). The Kier molecular flexibility index (Phi) is 5.24. The molecule has 1 fully saturated rings. The third-order valence-corrected chi connectivity index (χ3v) is 5.80. The fourth-order valence-electron chi connectivity index (χ4n) is 4.22. The molecule has 0 spiro atoms. The van der Waals surface area contributed by atoms with Crippen molar-refractivity contribution in [3.63, 3.8) is 0 Å². The molecule has 0 atom stereocenters. The lowest BCUT2D eigenvalue weighted by Gasteiger charge is -2.38. The number of pyridine rings is 1. The number of hydrogen-bond donors (Lipinski definition) is 1. The van der Waals surface area contributed by atoms with Crippen LogP contribution in [0.1, 0.15) is 35.2 Å². The summed E-state index contributed by atoms with van der Waals surface area (Å²) in [6, 6.07) is 19.5. The number of nitrogens with one attached hydrogen (secondary N) is 1. The van der Waals surface area contributed by atoms with Gasteiger partial charge in [-0.1, -0.05) is 42.5 Å². The molecule has 140 valence electrons. The van der Waals surface area contributed by atoms with Crippen molar-refractivity contribution >= 4 is 10.9 Å². The molecule has 1 aliphatic rings. The Morgan fingerprint density at radius 2 is 1.78 bits per heavy atom. The van der Waals surface area contributed by atoms with Crippen LogP contribution in [0.3, 0.4) is 0 Å². The zero-order valence-corrected chi connectivity index (χ0v) is 16.3. The SMILES string of the molecule is Cc1ccc2c(C)cc(COCC3(c4ccccc4)CCNCC3)nc2c1. The lowest BCUT2D eigenvalue weighted by atomic mass is 9.74. The van der Waals surface area contributed by atoms with Gasteiger partial charge in [-0.25, -0.2) is 0 Å². The van der Waals surface area contributed by atoms with Crippen LogP contribution in [0.25, 0.3) is 10.9 Å². The minimum Gasteiger partial charge on any atom is -0.374 e. The monoisotopic (exact) mass is 360 g/mol. The number of aryl methyl sites for hydroxylation is 2. The zero-order valence-electron chi connectivity index (χ0n) is 16.3. The number of rotatable bonds is 5. The van der Waals surface area contributed by atoms with Gasteiger partial charge in [-0.15, -0.1) is 0 Å². The van der Waals surface area contributed by atoms with E-state index in [1.54, 1.807) is 0 Å². The summed E-state index contributed by atoms with van der Waals surface area (Å²) in [6.45, 7) is 7.66. The third kappa shape index (κ3) is 3.90. The smallest absolute Gasteiger partial charge is 0.0888 e. The maximum absolute atomic E-state index is 6.26. The van der Waals surface area contributed by atoms with Gasteiger partial charge in [-0.05, 0) is 68.6 Å². The minimum atomic E-state index is 0.106. The number of nitrogens with zero attached hydrogens (tertiary/aromatic N) is 1. The normalized spacial score (nSPS) is 16.5. The van der Waals surface area contributed by atoms with Gasteiger partial charge in [0.15, 0.2) is 0 Å². The van der Waals surface area contributed by atoms with Gasteiger partial charge in [0.25, 0.3) is 0 Å². The van der Waals surface area contributed by atoms with Crippen LogP contribution >= 0.6 is 0 Å². The summed E-state index contributed by atoms with van der Waals surface area (Å²) in [6.07, 6.45) is 2.22. The van der Waals surface area contributed by atoms with E-state index >= 15 is 0 Å². The van der Waals surface area contributed by atoms with E-state index in [0.29, 0.717) is 6.61 Å². The number of aromatic nitrogens is 1. The summed E-state index contributed by atoms with van der Waals surface area (Å²) >= 11 is 0. The molecule has 0 unspecified atom stereocenters. The molecule has 27 heavy (non-hydrogen) atoms. The Hall–Kier alpha value is -2.23. The van der Waals surface area contributed by atoms with E-state index in [2.05, 4.69) is 73.8 Å². The zero-order chi connectivity index (χ0) is 18.7. The van der Waals surface area contributed by atoms with Gasteiger partial charge >= 0.3 is 0 Å². The Morgan fingerprint density at radius 3 is 2.56 bits per heavy atom. The fourth-order valence-corrected chi connectivity index (χ4v) is 4.22. The van der Waals surface area contributed by atoms with Crippen LogP contribution in [0.15, 0.2) is 54.6 Å². The van der Waals surface area contributed by atoms with E-state index < -0.39 is 0 Å². The maximum atomic E-state index is 6.26. The summed E-state index contributed by atoms with van der Waals surface area (Å²) in [5, 5.41) is 4.71. The number of hydrogen-bond acceptors (Lipinski definition) is 3. The quantitative estimate of drug-likeness (QED) is 0.717. The maximum Gasteiger partial charge on any atom is 0.0888 e. The first-order valence-electron chi connectivity index (χ1n) is 9.87. The third-order valence-electron chi connectivity index (χ3n) is 5.80. The largest absolute Gasteiger partial charge is 0.374 e. The van der Waals surface area contributed by atoms with Crippen LogP contribution < -0.4 is 5.32 Å². The van der Waals surface area contributed by atoms with E-state index in [-0.39, 0.29) is 5.41 Å². The molecule has 2 aromatic carbocycles. The molecule has 0 saturated carbocycles. The van der Waals surface area contributed by atoms with Crippen LogP contribution in [0, 0.1) is 13.8 Å². The first-order valence-corrected chi connectivity index (χ1v) is 9.87. The van der Waals surface area contributed by atoms with Crippen molar-refractivity contribution in [3.8, 4) is 0 Å². The lowest BCUT2D eigenvalue weighted by Crippen LogP contribution is -2.43. The Bertz CT molecular complexity index is 914. The van der Waals surface area contributed by atoms with E-state index in [4.69, 9.17) is 9.72 Å². The second-order valence-corrected chi connectivity index (χ2v) is 7.84. The number of fused-ring (bicyclic) bond motifs is 1. The second-order valence-electron chi connectivity index (χ2n) is 7.84. The molecular formula is C24H28N2O. The van der Waals surface area contributed by atoms with Gasteiger partial charge in [0.05, 0.1) is 24.4 Å². The number of benzene rings is 2. The molecular weight excluding hydrogens is 332 g/mol. The van der Waals surface area contributed by atoms with Crippen molar-refractivity contribution in [1.82, 2.24) is 10.3 Å². The summed E-state index contributed by atoms with van der Waals surface area (Å²) < 4.78 is 6.26. The van der Waals surface area contributed by atoms with Gasteiger partial charge in [-0.2, -0.15) is 0 Å². The summed E-state index contributed by atoms with van der Waals surface area (Å²) in [7, 11) is 0. The minimum absolute atomic E-state index is 0.106. The highest BCUT2D eigenvalue weighted by Gasteiger charge is 2.34. The molecule has 0 bridgehead atoms. The average Bonchev–Trinajstić information content (AvgIpc) is 2.69. The topological polar surface area (TPSA) is 34.1 Å². The average molecular weight is 361 g/mol. The van der Waals surface area contributed by atoms with Gasteiger partial charge in [0, 0.05) is 10.8 Å². The van der Waals surface area contributed by atoms with Gasteiger partial charge in [0.1, 0.15) is 0 Å². The van der Waals surface area contributed by atoms with Crippen molar-refractivity contribution in [2.45, 2.75) is 38.7 Å². The Balaban J connectivity index is 1.51. The Labute approximate surface area is 161 Å². The van der Waals surface area contributed by atoms with Crippen LogP contribution in [-0.4, -0.2) is 24.7 Å². The molecule has 3 heteroatoms. The van der Waals surface area contributed by atoms with Crippen LogP contribution in [0.4, 0.5) is 0 Å². The molecule has 0 radical (unpaired) electrons. The van der Waals surface area contributed by atoms with Crippen molar-refractivity contribution in [2.24, 2.45) is 0 Å². The van der Waals surface area contributed by atoms with E-state index in [1.165, 1.54) is 22.1 Å². The van der Waals surface area contributed by atoms with Crippen molar-refractivity contribution in [3.05, 3.63) is 77.0 Å². The van der Waals surface area contributed by atoms with Crippen molar-refractivity contribution < 1.29 is 4.74 Å². The fraction of sp³-hybridized carbons (Fsp3) is 0.375. The lowest BCUT2D eigenvalue weighted by molar-refractivity contribution is 0.0549. The van der Waals surface area contributed by atoms with Crippen LogP contribution in [0.5, 0.6) is 0 Å². The molecule has 1 saturated heterocycles. The van der Waals surface area contributed by atoms with E-state index in [1.807, 2.05) is 0 Å². The van der Waals surface area contributed by atoms with Crippen LogP contribution in [0.2, 0.25) is 0 Å². The molecule has 0 amide bonds. The molecule has 1 N–H and O–H groups in total. The highest BCUT2D eigenvalue weighted by molar-refractivity contribution is 5.82. The highest BCUT2D eigenvalue weighted by atomic mass is 16.5. The summed E-state index contributed by atoms with van der Waals surface area (Å²) in [5.74, 6) is 0. The van der Waals surface area contributed by atoms with E-state index in [0.717, 1.165) is 43.7 Å². The number of piperidine rings is 1. The summed E-state index contributed by atoms with van der Waals surface area (Å²) in [4.78, 5) is 4.84. The molecule has 3 aromatic rings. The van der Waals surface area contributed by atoms with Gasteiger partial charge < -0.3 is 10.1 Å². The predicted molar refractivity (Wildman–Crippen MR) is 111 cm³/mol. The molecule has 1 aliphatic heterocycles. The molecule has 1 aromatic heterocycles. The van der Waals surface area contributed by atoms with E-state index in [9.17, 15) is 0 Å². The standard InChI is InChI=1S/C24H28N2O/c1-18-8-9-22-19(2)15-21(26-23(22)14-18)16-27-17-24(10-12-25-13-11-24)20-6-4-3-5-7-20/h3-9,14-15,25H,10-13,16-17H2,1-2H3. The van der Waals surface area contributed by atoms with Crippen LogP contribution in [-0.2, 0) is 16.8 Å². The summed E-state index contributed by atoms with van der Waals surface area (Å²) in [5.41, 5.74) is 6.08. The van der Waals surface area contributed by atoms with Crippen molar-refractivity contribution in [2.75, 3.05) is 19.7 Å². The Morgan fingerprint density at radius 1 is 1.00 bits per heavy atom. The molecule has 3 nitrogen and oxygen atoms in total. The van der Waals surface area contributed by atoms with Gasteiger partial charge in [0.2, 0.25) is 0 Å². The predicted octanol–water partition coefficient (Wildman–Crippen LogP) is 4.69. The highest BCUT2D eigenvalue weighted by Crippen LogP contribution is 2.34. The van der Waals surface area contributed by atoms with Gasteiger partial charge in [-0.3, -0.25) is 4.98 Å².